The molecule has 0 radical (unpaired) electrons. The van der Waals surface area contributed by atoms with E-state index in [1.165, 1.54) is 16.5 Å². The van der Waals surface area contributed by atoms with Crippen LogP contribution in [0, 0.1) is 13.8 Å². The third-order valence-corrected chi connectivity index (χ3v) is 1.92. The van der Waals surface area contributed by atoms with E-state index in [0.717, 1.165) is 5.35 Å². The molecule has 0 spiro atoms. The summed E-state index contributed by atoms with van der Waals surface area (Å²) in [5, 5.41) is 2.27. The molecule has 0 bridgehead atoms. The predicted molar refractivity (Wildman–Crippen MR) is 45.2 cm³/mol. The van der Waals surface area contributed by atoms with Gasteiger partial charge in [0.2, 0.25) is 0 Å². The first-order valence-electron chi connectivity index (χ1n) is 3.47. The Balaban J connectivity index is 3.66. The summed E-state index contributed by atoms with van der Waals surface area (Å²) in [7, 11) is 0. The molecule has 0 aromatic carbocycles. The van der Waals surface area contributed by atoms with Crippen molar-refractivity contribution in [1.29, 1.82) is 0 Å². The van der Waals surface area contributed by atoms with Crippen molar-refractivity contribution in [1.82, 2.24) is 4.98 Å². The third-order valence-electron chi connectivity index (χ3n) is 1.92. The Bertz CT molecular complexity index is 330. The minimum absolute atomic E-state index is 1.03. The van der Waals surface area contributed by atoms with Crippen LogP contribution in [0.3, 0.4) is 0 Å². The number of H-pyrrole nitrogens is 1. The van der Waals surface area contributed by atoms with Crippen molar-refractivity contribution in [2.45, 2.75) is 20.8 Å². The summed E-state index contributed by atoms with van der Waals surface area (Å²) in [5.41, 5.74) is 2.53. The molecule has 0 aliphatic carbocycles. The SMILES string of the molecule is C=c1[nH]c(C)c(C)/c1=C\C. The van der Waals surface area contributed by atoms with Gasteiger partial charge < -0.3 is 4.98 Å². The number of nitrogens with one attached hydrogen (secondary N) is 1. The van der Waals surface area contributed by atoms with Gasteiger partial charge in [-0.05, 0) is 31.6 Å². The smallest absolute Gasteiger partial charge is 0.0382 e. The first kappa shape index (κ1) is 7.13. The van der Waals surface area contributed by atoms with Crippen LogP contribution in [-0.2, 0) is 0 Å². The van der Waals surface area contributed by atoms with Crippen LogP contribution >= 0.6 is 0 Å². The summed E-state index contributed by atoms with van der Waals surface area (Å²) in [5.74, 6) is 0. The fourth-order valence-electron chi connectivity index (χ4n) is 1.21. The third kappa shape index (κ3) is 0.878. The highest BCUT2D eigenvalue weighted by atomic mass is 14.7. The first-order valence-corrected chi connectivity index (χ1v) is 3.47. The van der Waals surface area contributed by atoms with Crippen LogP contribution in [0.15, 0.2) is 0 Å². The van der Waals surface area contributed by atoms with E-state index in [-0.39, 0.29) is 0 Å². The molecule has 1 rings (SSSR count). The lowest BCUT2D eigenvalue weighted by atomic mass is 10.2. The van der Waals surface area contributed by atoms with Crippen LogP contribution in [0.4, 0.5) is 0 Å². The molecule has 0 fully saturated rings. The second-order valence-electron chi connectivity index (χ2n) is 2.56. The second kappa shape index (κ2) is 2.33. The van der Waals surface area contributed by atoms with Crippen LogP contribution in [-0.4, -0.2) is 4.98 Å². The van der Waals surface area contributed by atoms with Gasteiger partial charge in [0.1, 0.15) is 0 Å². The zero-order valence-corrected chi connectivity index (χ0v) is 6.78. The van der Waals surface area contributed by atoms with Gasteiger partial charge in [0, 0.05) is 11.0 Å². The highest BCUT2D eigenvalue weighted by molar-refractivity contribution is 5.31. The van der Waals surface area contributed by atoms with E-state index in [0.29, 0.717) is 0 Å². The molecule has 1 N–H and O–H groups in total. The summed E-state index contributed by atoms with van der Waals surface area (Å²) in [6.45, 7) is 10.1. The van der Waals surface area contributed by atoms with Gasteiger partial charge in [0.15, 0.2) is 0 Å². The molecule has 0 saturated heterocycles. The molecule has 10 heavy (non-hydrogen) atoms. The molecular weight excluding hydrogens is 122 g/mol. The van der Waals surface area contributed by atoms with Crippen molar-refractivity contribution in [2.24, 2.45) is 0 Å². The minimum atomic E-state index is 1.03. The molecule has 0 amide bonds. The van der Waals surface area contributed by atoms with Crippen molar-refractivity contribution in [3.8, 4) is 0 Å². The van der Waals surface area contributed by atoms with E-state index in [9.17, 15) is 0 Å². The lowest BCUT2D eigenvalue weighted by molar-refractivity contribution is 1.20. The summed E-state index contributed by atoms with van der Waals surface area (Å²) in [6.07, 6.45) is 2.08. The van der Waals surface area contributed by atoms with Gasteiger partial charge in [-0.25, -0.2) is 0 Å². The maximum atomic E-state index is 3.89. The number of aromatic amines is 1. The highest BCUT2D eigenvalue weighted by Crippen LogP contribution is 1.90. The molecule has 0 unspecified atom stereocenters. The number of hydrogen-bond acceptors (Lipinski definition) is 0. The van der Waals surface area contributed by atoms with Crippen molar-refractivity contribution in [3.63, 3.8) is 0 Å². The molecule has 1 heteroatoms. The highest BCUT2D eigenvalue weighted by Gasteiger charge is 1.94. The van der Waals surface area contributed by atoms with E-state index in [4.69, 9.17) is 0 Å². The number of hydrogen-bond donors (Lipinski definition) is 1. The number of rotatable bonds is 0. The molecule has 0 saturated carbocycles. The zero-order chi connectivity index (χ0) is 7.72. The lowest BCUT2D eigenvalue weighted by Gasteiger charge is -1.84. The molecular formula is C9H13N. The summed E-state index contributed by atoms with van der Waals surface area (Å²) in [6, 6.07) is 0. The van der Waals surface area contributed by atoms with Gasteiger partial charge in [-0.3, -0.25) is 0 Å². The average Bonchev–Trinajstić information content (AvgIpc) is 2.09. The molecule has 1 aromatic rings. The van der Waals surface area contributed by atoms with E-state index in [1.807, 2.05) is 6.92 Å². The number of aromatic nitrogens is 1. The van der Waals surface area contributed by atoms with Gasteiger partial charge >= 0.3 is 0 Å². The molecule has 0 aliphatic heterocycles. The molecule has 1 aromatic heterocycles. The van der Waals surface area contributed by atoms with Crippen molar-refractivity contribution in [2.75, 3.05) is 0 Å². The van der Waals surface area contributed by atoms with E-state index in [1.54, 1.807) is 0 Å². The Morgan fingerprint density at radius 1 is 1.40 bits per heavy atom. The van der Waals surface area contributed by atoms with Gasteiger partial charge in [-0.1, -0.05) is 12.7 Å². The standard InChI is InChI=1S/C9H13N/c1-5-9-6(2)7(3)10-8(9)4/h5,10H,4H2,1-3H3/b9-5+. The summed E-state index contributed by atoms with van der Waals surface area (Å²) >= 11 is 0. The van der Waals surface area contributed by atoms with Crippen LogP contribution in [0.1, 0.15) is 18.2 Å². The largest absolute Gasteiger partial charge is 0.359 e. The van der Waals surface area contributed by atoms with E-state index in [2.05, 4.69) is 31.5 Å². The Morgan fingerprint density at radius 3 is 2.20 bits per heavy atom. The lowest BCUT2D eigenvalue weighted by Crippen LogP contribution is -2.21. The first-order chi connectivity index (χ1) is 4.66. The minimum Gasteiger partial charge on any atom is -0.359 e. The van der Waals surface area contributed by atoms with Crippen molar-refractivity contribution in [3.05, 3.63) is 21.8 Å². The Hall–Kier alpha value is -0.980. The normalized spacial score (nSPS) is 12.5. The molecule has 0 atom stereocenters. The molecule has 0 aliphatic rings. The average molecular weight is 135 g/mol. The monoisotopic (exact) mass is 135 g/mol. The Labute approximate surface area is 61.1 Å². The fraction of sp³-hybridized carbons (Fsp3) is 0.333. The quantitative estimate of drug-likeness (QED) is 0.542. The Morgan fingerprint density at radius 2 is 2.00 bits per heavy atom. The van der Waals surface area contributed by atoms with Gasteiger partial charge in [-0.2, -0.15) is 0 Å². The van der Waals surface area contributed by atoms with Crippen molar-refractivity contribution >= 4 is 12.7 Å². The van der Waals surface area contributed by atoms with Crippen LogP contribution < -0.4 is 10.6 Å². The summed E-state index contributed by atoms with van der Waals surface area (Å²) in [4.78, 5) is 3.18. The maximum absolute atomic E-state index is 3.89. The molecule has 54 valence electrons. The zero-order valence-electron chi connectivity index (χ0n) is 6.78. The van der Waals surface area contributed by atoms with Crippen molar-refractivity contribution < 1.29 is 0 Å². The van der Waals surface area contributed by atoms with E-state index >= 15 is 0 Å². The van der Waals surface area contributed by atoms with Crippen LogP contribution in [0.5, 0.6) is 0 Å². The maximum Gasteiger partial charge on any atom is 0.0382 e. The van der Waals surface area contributed by atoms with Gasteiger partial charge in [-0.15, -0.1) is 0 Å². The summed E-state index contributed by atoms with van der Waals surface area (Å²) < 4.78 is 0. The predicted octanol–water partition coefficient (Wildman–Crippen LogP) is 0.842. The van der Waals surface area contributed by atoms with Gasteiger partial charge in [0.25, 0.3) is 0 Å². The van der Waals surface area contributed by atoms with Gasteiger partial charge in [0.05, 0.1) is 0 Å². The van der Waals surface area contributed by atoms with Crippen LogP contribution in [0.2, 0.25) is 0 Å². The fourth-order valence-corrected chi connectivity index (χ4v) is 1.21. The Kier molecular flexibility index (Phi) is 1.66. The molecule has 1 nitrogen and oxygen atoms in total. The number of aryl methyl sites for hydroxylation is 1. The second-order valence-corrected chi connectivity index (χ2v) is 2.56. The van der Waals surface area contributed by atoms with E-state index < -0.39 is 0 Å². The topological polar surface area (TPSA) is 15.8 Å². The van der Waals surface area contributed by atoms with Crippen LogP contribution in [0.25, 0.3) is 12.7 Å². The molecule has 1 heterocycles.